The first-order valence-electron chi connectivity index (χ1n) is 12.2. The highest BCUT2D eigenvalue weighted by atomic mass is 32.1. The fourth-order valence-electron chi connectivity index (χ4n) is 4.61. The first-order valence-corrected chi connectivity index (χ1v) is 13.0. The predicted octanol–water partition coefficient (Wildman–Crippen LogP) is 5.66. The van der Waals surface area contributed by atoms with Crippen molar-refractivity contribution >= 4 is 45.2 Å². The lowest BCUT2D eigenvalue weighted by molar-refractivity contribution is -0.118. The smallest absolute Gasteiger partial charge is 0.262 e. The molecule has 0 unspecified atom stereocenters. The Bertz CT molecular complexity index is 1460. The summed E-state index contributed by atoms with van der Waals surface area (Å²) in [5.74, 6) is 1.47. The molecule has 4 aromatic rings. The van der Waals surface area contributed by atoms with Crippen LogP contribution in [0.1, 0.15) is 40.0 Å². The SMILES string of the molecule is COc1cc(/C=N/Nc2ncnc3sc4c(c23)CCCC4)ccc1OCC(=O)Nc1cc(C)cc(C)c1. The van der Waals surface area contributed by atoms with E-state index in [2.05, 4.69) is 31.9 Å². The van der Waals surface area contributed by atoms with Gasteiger partial charge in [0.2, 0.25) is 0 Å². The standard InChI is InChI=1S/C28H29N5O3S/c1-17-10-18(2)12-20(11-17)32-25(34)15-36-22-9-8-19(13-23(22)35-3)14-31-33-27-26-21-6-4-5-7-24(21)37-28(26)30-16-29-27/h8-14,16H,4-7,15H2,1-3H3,(H,32,34)(H,29,30,33)/b31-14+. The van der Waals surface area contributed by atoms with Crippen molar-refractivity contribution in [2.24, 2.45) is 5.10 Å². The summed E-state index contributed by atoms with van der Waals surface area (Å²) in [5.41, 5.74) is 8.19. The third-order valence-corrected chi connectivity index (χ3v) is 7.39. The number of carbonyl (C=O) groups is 1. The van der Waals surface area contributed by atoms with E-state index in [4.69, 9.17) is 9.47 Å². The van der Waals surface area contributed by atoms with Gasteiger partial charge in [0.15, 0.2) is 23.9 Å². The molecular weight excluding hydrogens is 486 g/mol. The van der Waals surface area contributed by atoms with Gasteiger partial charge in [0.25, 0.3) is 5.91 Å². The molecule has 8 nitrogen and oxygen atoms in total. The number of carbonyl (C=O) groups excluding carboxylic acids is 1. The number of hydrazone groups is 1. The second-order valence-electron chi connectivity index (χ2n) is 9.11. The maximum absolute atomic E-state index is 12.4. The summed E-state index contributed by atoms with van der Waals surface area (Å²) in [5, 5.41) is 8.36. The molecule has 0 saturated heterocycles. The molecule has 2 aromatic carbocycles. The molecule has 0 fully saturated rings. The van der Waals surface area contributed by atoms with Gasteiger partial charge in [0.1, 0.15) is 11.2 Å². The number of hydrogen-bond acceptors (Lipinski definition) is 8. The van der Waals surface area contributed by atoms with E-state index in [1.54, 1.807) is 37.1 Å². The van der Waals surface area contributed by atoms with Gasteiger partial charge in [-0.2, -0.15) is 5.10 Å². The summed E-state index contributed by atoms with van der Waals surface area (Å²) in [7, 11) is 1.56. The number of methoxy groups -OCH3 is 1. The molecule has 1 aliphatic rings. The number of thiophene rings is 1. The number of aromatic nitrogens is 2. The van der Waals surface area contributed by atoms with Gasteiger partial charge in [-0.25, -0.2) is 9.97 Å². The zero-order chi connectivity index (χ0) is 25.8. The van der Waals surface area contributed by atoms with Gasteiger partial charge in [-0.05, 0) is 92.1 Å². The van der Waals surface area contributed by atoms with Crippen LogP contribution in [0.4, 0.5) is 11.5 Å². The first kappa shape index (κ1) is 24.7. The van der Waals surface area contributed by atoms with E-state index in [-0.39, 0.29) is 12.5 Å². The van der Waals surface area contributed by atoms with Crippen LogP contribution in [0.2, 0.25) is 0 Å². The van der Waals surface area contributed by atoms with Gasteiger partial charge in [0.05, 0.1) is 18.7 Å². The van der Waals surface area contributed by atoms with Crippen molar-refractivity contribution < 1.29 is 14.3 Å². The number of benzene rings is 2. The van der Waals surface area contributed by atoms with E-state index >= 15 is 0 Å². The van der Waals surface area contributed by atoms with E-state index in [1.165, 1.54) is 23.3 Å². The van der Waals surface area contributed by atoms with E-state index in [9.17, 15) is 4.79 Å². The van der Waals surface area contributed by atoms with Crippen LogP contribution < -0.4 is 20.2 Å². The molecular formula is C28H29N5O3S. The molecule has 2 aromatic heterocycles. The molecule has 0 atom stereocenters. The minimum atomic E-state index is -0.242. The average molecular weight is 516 g/mol. The molecule has 0 saturated carbocycles. The van der Waals surface area contributed by atoms with Crippen LogP contribution in [0, 0.1) is 13.8 Å². The highest BCUT2D eigenvalue weighted by molar-refractivity contribution is 7.19. The Morgan fingerprint density at radius 2 is 1.89 bits per heavy atom. The van der Waals surface area contributed by atoms with E-state index in [0.29, 0.717) is 11.5 Å². The molecule has 1 amide bonds. The van der Waals surface area contributed by atoms with Crippen molar-refractivity contribution in [2.75, 3.05) is 24.5 Å². The Balaban J connectivity index is 1.23. The number of aryl methyl sites for hydroxylation is 4. The highest BCUT2D eigenvalue weighted by Crippen LogP contribution is 2.38. The van der Waals surface area contributed by atoms with Gasteiger partial charge in [-0.1, -0.05) is 6.07 Å². The Labute approximate surface area is 219 Å². The van der Waals surface area contributed by atoms with Crippen LogP contribution in [0.15, 0.2) is 47.8 Å². The van der Waals surface area contributed by atoms with E-state index < -0.39 is 0 Å². The molecule has 1 aliphatic carbocycles. The molecule has 0 bridgehead atoms. The predicted molar refractivity (Wildman–Crippen MR) is 148 cm³/mol. The topological polar surface area (TPSA) is 97.7 Å². The van der Waals surface area contributed by atoms with Crippen molar-refractivity contribution in [3.8, 4) is 11.5 Å². The molecule has 2 N–H and O–H groups in total. The van der Waals surface area contributed by atoms with Crippen LogP contribution in [-0.2, 0) is 17.6 Å². The fourth-order valence-corrected chi connectivity index (χ4v) is 5.84. The van der Waals surface area contributed by atoms with Crippen LogP contribution >= 0.6 is 11.3 Å². The number of nitrogens with one attached hydrogen (secondary N) is 2. The van der Waals surface area contributed by atoms with Gasteiger partial charge >= 0.3 is 0 Å². The molecule has 2 heterocycles. The minimum Gasteiger partial charge on any atom is -0.493 e. The fraction of sp³-hybridized carbons (Fsp3) is 0.286. The number of hydrogen-bond donors (Lipinski definition) is 2. The number of anilines is 2. The zero-order valence-electron chi connectivity index (χ0n) is 21.1. The number of ether oxygens (including phenoxy) is 2. The molecule has 5 rings (SSSR count). The maximum Gasteiger partial charge on any atom is 0.262 e. The minimum absolute atomic E-state index is 0.132. The van der Waals surface area contributed by atoms with Gasteiger partial charge in [-0.3, -0.25) is 10.2 Å². The van der Waals surface area contributed by atoms with Crippen molar-refractivity contribution in [1.82, 2.24) is 9.97 Å². The van der Waals surface area contributed by atoms with Crippen LogP contribution in [0.25, 0.3) is 10.2 Å². The Kier molecular flexibility index (Phi) is 7.32. The molecule has 9 heteroatoms. The summed E-state index contributed by atoms with van der Waals surface area (Å²) < 4.78 is 11.2. The van der Waals surface area contributed by atoms with Crippen molar-refractivity contribution in [3.05, 3.63) is 69.9 Å². The molecule has 0 aliphatic heterocycles. The maximum atomic E-state index is 12.4. The molecule has 0 spiro atoms. The van der Waals surface area contributed by atoms with Crippen LogP contribution in [0.5, 0.6) is 11.5 Å². The van der Waals surface area contributed by atoms with Gasteiger partial charge in [0, 0.05) is 10.6 Å². The number of amides is 1. The Morgan fingerprint density at radius 3 is 2.70 bits per heavy atom. The monoisotopic (exact) mass is 515 g/mol. The van der Waals surface area contributed by atoms with Crippen molar-refractivity contribution in [1.29, 1.82) is 0 Å². The summed E-state index contributed by atoms with van der Waals surface area (Å²) in [4.78, 5) is 23.7. The molecule has 37 heavy (non-hydrogen) atoms. The summed E-state index contributed by atoms with van der Waals surface area (Å²) >= 11 is 1.76. The number of fused-ring (bicyclic) bond motifs is 3. The number of nitrogens with zero attached hydrogens (tertiary/aromatic N) is 3. The van der Waals surface area contributed by atoms with Crippen LogP contribution in [-0.4, -0.2) is 35.8 Å². The first-order chi connectivity index (χ1) is 18.0. The second kappa shape index (κ2) is 11.0. The Hall–Kier alpha value is -3.98. The quantitative estimate of drug-likeness (QED) is 0.232. The van der Waals surface area contributed by atoms with Crippen LogP contribution in [0.3, 0.4) is 0 Å². The lowest BCUT2D eigenvalue weighted by atomic mass is 9.97. The normalized spacial score (nSPS) is 12.9. The Morgan fingerprint density at radius 1 is 1.08 bits per heavy atom. The molecule has 190 valence electrons. The third kappa shape index (κ3) is 5.72. The van der Waals surface area contributed by atoms with Gasteiger partial charge < -0.3 is 14.8 Å². The third-order valence-electron chi connectivity index (χ3n) is 6.19. The van der Waals surface area contributed by atoms with E-state index in [0.717, 1.165) is 51.3 Å². The average Bonchev–Trinajstić information content (AvgIpc) is 3.26. The van der Waals surface area contributed by atoms with Crippen molar-refractivity contribution in [2.45, 2.75) is 39.5 Å². The second-order valence-corrected chi connectivity index (χ2v) is 10.2. The summed E-state index contributed by atoms with van der Waals surface area (Å²) in [6.45, 7) is 3.86. The number of rotatable bonds is 8. The van der Waals surface area contributed by atoms with Crippen molar-refractivity contribution in [3.63, 3.8) is 0 Å². The zero-order valence-corrected chi connectivity index (χ0v) is 21.9. The lowest BCUT2D eigenvalue weighted by Crippen LogP contribution is -2.20. The summed E-state index contributed by atoms with van der Waals surface area (Å²) in [6.07, 6.45) is 7.87. The summed E-state index contributed by atoms with van der Waals surface area (Å²) in [6, 6.07) is 11.3. The van der Waals surface area contributed by atoms with Gasteiger partial charge in [-0.15, -0.1) is 11.3 Å². The van der Waals surface area contributed by atoms with E-state index in [1.807, 2.05) is 38.1 Å². The lowest BCUT2D eigenvalue weighted by Gasteiger charge is -2.12. The largest absolute Gasteiger partial charge is 0.493 e. The molecule has 0 radical (unpaired) electrons. The highest BCUT2D eigenvalue weighted by Gasteiger charge is 2.19.